The number of aliphatic hydroxyl groups excluding tert-OH is 1. The maximum atomic E-state index is 9.81. The minimum Gasteiger partial charge on any atom is -0.384 e. The minimum atomic E-state index is -0.692. The van der Waals surface area contributed by atoms with E-state index in [2.05, 4.69) is 14.8 Å². The highest BCUT2D eigenvalue weighted by Crippen LogP contribution is 2.30. The number of rotatable bonds is 3. The molecule has 1 heterocycles. The first-order valence-corrected chi connectivity index (χ1v) is 6.03. The number of aromatic nitrogens is 3. The van der Waals surface area contributed by atoms with Gasteiger partial charge in [0.1, 0.15) is 11.9 Å². The minimum absolute atomic E-state index is 0.199. The van der Waals surface area contributed by atoms with Crippen LogP contribution in [0.3, 0.4) is 0 Å². The van der Waals surface area contributed by atoms with Gasteiger partial charge in [-0.3, -0.25) is 0 Å². The number of hydrogen-bond donors (Lipinski definition) is 2. The molecule has 0 unspecified atom stereocenters. The molecule has 0 amide bonds. The lowest BCUT2D eigenvalue weighted by Crippen LogP contribution is -2.22. The molecule has 0 aliphatic heterocycles. The standard InChI is InChI=1S/C11H20N4O/c1-8-13-14-11(10(16)7-12)15(8)9-5-3-2-4-6-9/h9-10,16H,2-7,12H2,1H3/t10-/m0/s1. The predicted molar refractivity (Wildman–Crippen MR) is 60.9 cm³/mol. The van der Waals surface area contributed by atoms with Gasteiger partial charge < -0.3 is 15.4 Å². The van der Waals surface area contributed by atoms with Crippen LogP contribution in [0.1, 0.15) is 55.9 Å². The van der Waals surface area contributed by atoms with Gasteiger partial charge in [0, 0.05) is 12.6 Å². The Bertz CT molecular complexity index is 344. The van der Waals surface area contributed by atoms with Crippen molar-refractivity contribution in [2.24, 2.45) is 5.73 Å². The van der Waals surface area contributed by atoms with Crippen LogP contribution in [0.25, 0.3) is 0 Å². The van der Waals surface area contributed by atoms with Crippen LogP contribution < -0.4 is 5.73 Å². The van der Waals surface area contributed by atoms with Gasteiger partial charge in [0.15, 0.2) is 5.82 Å². The summed E-state index contributed by atoms with van der Waals surface area (Å²) in [5, 5.41) is 17.9. The van der Waals surface area contributed by atoms with Crippen LogP contribution in [0, 0.1) is 6.92 Å². The maximum Gasteiger partial charge on any atom is 0.163 e. The summed E-state index contributed by atoms with van der Waals surface area (Å²) in [5.41, 5.74) is 5.48. The third kappa shape index (κ3) is 2.10. The summed E-state index contributed by atoms with van der Waals surface area (Å²) in [4.78, 5) is 0. The molecule has 0 saturated heterocycles. The Morgan fingerprint density at radius 3 is 2.69 bits per heavy atom. The molecule has 1 aromatic heterocycles. The van der Waals surface area contributed by atoms with E-state index in [0.717, 1.165) is 18.7 Å². The second-order valence-corrected chi connectivity index (χ2v) is 4.52. The summed E-state index contributed by atoms with van der Waals surface area (Å²) in [6.07, 6.45) is 5.43. The van der Waals surface area contributed by atoms with Crippen LogP contribution in [-0.2, 0) is 0 Å². The number of aryl methyl sites for hydroxylation is 1. The smallest absolute Gasteiger partial charge is 0.163 e. The second-order valence-electron chi connectivity index (χ2n) is 4.52. The summed E-state index contributed by atoms with van der Waals surface area (Å²) in [6.45, 7) is 2.14. The van der Waals surface area contributed by atoms with E-state index in [9.17, 15) is 5.11 Å². The van der Waals surface area contributed by atoms with Gasteiger partial charge in [0.25, 0.3) is 0 Å². The highest BCUT2D eigenvalue weighted by Gasteiger charge is 2.23. The van der Waals surface area contributed by atoms with Gasteiger partial charge in [-0.05, 0) is 19.8 Å². The number of nitrogens with zero attached hydrogens (tertiary/aromatic N) is 3. The molecule has 5 heteroatoms. The van der Waals surface area contributed by atoms with E-state index in [1.54, 1.807) is 0 Å². The van der Waals surface area contributed by atoms with Gasteiger partial charge in [0.05, 0.1) is 0 Å². The van der Waals surface area contributed by atoms with Crippen molar-refractivity contribution < 1.29 is 5.11 Å². The lowest BCUT2D eigenvalue weighted by molar-refractivity contribution is 0.165. The summed E-state index contributed by atoms with van der Waals surface area (Å²) in [6, 6.07) is 0.444. The summed E-state index contributed by atoms with van der Waals surface area (Å²) in [5.74, 6) is 1.52. The molecule has 0 bridgehead atoms. The van der Waals surface area contributed by atoms with E-state index < -0.39 is 6.10 Å². The van der Waals surface area contributed by atoms with E-state index in [1.165, 1.54) is 19.3 Å². The molecule has 1 aliphatic rings. The first-order valence-electron chi connectivity index (χ1n) is 6.03. The Morgan fingerprint density at radius 2 is 2.06 bits per heavy atom. The van der Waals surface area contributed by atoms with Crippen molar-refractivity contribution in [3.05, 3.63) is 11.6 Å². The molecular weight excluding hydrogens is 204 g/mol. The number of nitrogens with two attached hydrogens (primary N) is 1. The Morgan fingerprint density at radius 1 is 1.38 bits per heavy atom. The van der Waals surface area contributed by atoms with Crippen molar-refractivity contribution in [1.29, 1.82) is 0 Å². The summed E-state index contributed by atoms with van der Waals surface area (Å²) < 4.78 is 2.08. The van der Waals surface area contributed by atoms with Gasteiger partial charge in [0.2, 0.25) is 0 Å². The van der Waals surface area contributed by atoms with Crippen molar-refractivity contribution in [2.75, 3.05) is 6.54 Å². The van der Waals surface area contributed by atoms with Gasteiger partial charge >= 0.3 is 0 Å². The van der Waals surface area contributed by atoms with Crippen molar-refractivity contribution in [3.8, 4) is 0 Å². The van der Waals surface area contributed by atoms with Crippen molar-refractivity contribution in [2.45, 2.75) is 51.2 Å². The fourth-order valence-corrected chi connectivity index (χ4v) is 2.51. The van der Waals surface area contributed by atoms with Gasteiger partial charge in [-0.25, -0.2) is 0 Å². The van der Waals surface area contributed by atoms with E-state index in [-0.39, 0.29) is 6.54 Å². The quantitative estimate of drug-likeness (QED) is 0.805. The first-order chi connectivity index (χ1) is 7.74. The Balaban J connectivity index is 2.26. The monoisotopic (exact) mass is 224 g/mol. The maximum absolute atomic E-state index is 9.81. The van der Waals surface area contributed by atoms with Crippen LogP contribution in [0.2, 0.25) is 0 Å². The zero-order valence-corrected chi connectivity index (χ0v) is 9.76. The summed E-state index contributed by atoms with van der Waals surface area (Å²) in [7, 11) is 0. The molecule has 3 N–H and O–H groups in total. The lowest BCUT2D eigenvalue weighted by Gasteiger charge is -2.26. The van der Waals surface area contributed by atoms with Crippen LogP contribution >= 0.6 is 0 Å². The van der Waals surface area contributed by atoms with Crippen LogP contribution in [0.15, 0.2) is 0 Å². The van der Waals surface area contributed by atoms with E-state index >= 15 is 0 Å². The number of hydrogen-bond acceptors (Lipinski definition) is 4. The average Bonchev–Trinajstić information content (AvgIpc) is 2.71. The zero-order valence-electron chi connectivity index (χ0n) is 9.76. The van der Waals surface area contributed by atoms with Crippen molar-refractivity contribution in [1.82, 2.24) is 14.8 Å². The lowest BCUT2D eigenvalue weighted by atomic mass is 9.95. The first kappa shape index (κ1) is 11.5. The molecule has 90 valence electrons. The van der Waals surface area contributed by atoms with Gasteiger partial charge in [-0.1, -0.05) is 19.3 Å². The van der Waals surface area contributed by atoms with Crippen molar-refractivity contribution in [3.63, 3.8) is 0 Å². The molecule has 0 aromatic carbocycles. The molecule has 1 fully saturated rings. The van der Waals surface area contributed by atoms with Crippen LogP contribution in [0.5, 0.6) is 0 Å². The van der Waals surface area contributed by atoms with E-state index in [1.807, 2.05) is 6.92 Å². The molecule has 0 radical (unpaired) electrons. The van der Waals surface area contributed by atoms with Gasteiger partial charge in [-0.15, -0.1) is 10.2 Å². The zero-order chi connectivity index (χ0) is 11.5. The fourth-order valence-electron chi connectivity index (χ4n) is 2.51. The van der Waals surface area contributed by atoms with Crippen LogP contribution in [-0.4, -0.2) is 26.4 Å². The highest BCUT2D eigenvalue weighted by molar-refractivity contribution is 5.01. The molecule has 1 saturated carbocycles. The largest absolute Gasteiger partial charge is 0.384 e. The Hall–Kier alpha value is -0.940. The Kier molecular flexibility index (Phi) is 3.56. The van der Waals surface area contributed by atoms with E-state index in [4.69, 9.17) is 5.73 Å². The molecule has 0 spiro atoms. The molecular formula is C11H20N4O. The molecule has 16 heavy (non-hydrogen) atoms. The fraction of sp³-hybridized carbons (Fsp3) is 0.818. The highest BCUT2D eigenvalue weighted by atomic mass is 16.3. The molecule has 1 aromatic rings. The molecule has 5 nitrogen and oxygen atoms in total. The number of aliphatic hydroxyl groups is 1. The topological polar surface area (TPSA) is 77.0 Å². The Labute approximate surface area is 95.7 Å². The average molecular weight is 224 g/mol. The summed E-state index contributed by atoms with van der Waals surface area (Å²) >= 11 is 0. The van der Waals surface area contributed by atoms with Gasteiger partial charge in [-0.2, -0.15) is 0 Å². The third-order valence-electron chi connectivity index (χ3n) is 3.35. The second kappa shape index (κ2) is 4.93. The molecule has 2 rings (SSSR count). The predicted octanol–water partition coefficient (Wildman–Crippen LogP) is 1.08. The van der Waals surface area contributed by atoms with Crippen molar-refractivity contribution >= 4 is 0 Å². The molecule has 1 aliphatic carbocycles. The SMILES string of the molecule is Cc1nnc([C@@H](O)CN)n1C1CCCCC1. The normalized spacial score (nSPS) is 19.9. The van der Waals surface area contributed by atoms with Crippen LogP contribution in [0.4, 0.5) is 0 Å². The molecule has 1 atom stereocenters. The third-order valence-corrected chi connectivity index (χ3v) is 3.35. The van der Waals surface area contributed by atoms with E-state index in [0.29, 0.717) is 11.9 Å².